The molecule has 2 heterocycles. The molecule has 1 N–H and O–H groups in total. The third-order valence-corrected chi connectivity index (χ3v) is 5.77. The highest BCUT2D eigenvalue weighted by Gasteiger charge is 2.41. The number of carbonyl (C=O) groups excluding carboxylic acids is 1. The Kier molecular flexibility index (Phi) is 6.62. The number of hydrogen-bond acceptors (Lipinski definition) is 6. The van der Waals surface area contributed by atoms with Crippen LogP contribution in [-0.2, 0) is 9.53 Å². The molecule has 1 fully saturated rings. The Morgan fingerprint density at radius 2 is 1.94 bits per heavy atom. The van der Waals surface area contributed by atoms with Crippen LogP contribution in [0.1, 0.15) is 43.8 Å². The molecule has 35 heavy (non-hydrogen) atoms. The Morgan fingerprint density at radius 3 is 2.54 bits per heavy atom. The average molecular weight is 481 g/mol. The molecule has 0 bridgehead atoms. The fourth-order valence-electron chi connectivity index (χ4n) is 4.28. The van der Waals surface area contributed by atoms with Crippen LogP contribution >= 0.6 is 0 Å². The Labute approximate surface area is 203 Å². The van der Waals surface area contributed by atoms with E-state index in [1.807, 2.05) is 26.0 Å². The highest BCUT2D eigenvalue weighted by atomic mass is 19.1. The van der Waals surface area contributed by atoms with Crippen LogP contribution in [0.15, 0.2) is 54.6 Å². The summed E-state index contributed by atoms with van der Waals surface area (Å²) in [6.07, 6.45) is 2.37. The van der Waals surface area contributed by atoms with Gasteiger partial charge in [0.2, 0.25) is 0 Å². The van der Waals surface area contributed by atoms with Crippen LogP contribution in [0.3, 0.4) is 0 Å². The maximum absolute atomic E-state index is 13.5. The van der Waals surface area contributed by atoms with Crippen LogP contribution in [0, 0.1) is 12.7 Å². The van der Waals surface area contributed by atoms with E-state index >= 15 is 0 Å². The summed E-state index contributed by atoms with van der Waals surface area (Å²) in [6, 6.07) is 10.6. The van der Waals surface area contributed by atoms with Crippen molar-refractivity contribution in [3.05, 3.63) is 77.3 Å². The molecule has 1 aliphatic heterocycles. The van der Waals surface area contributed by atoms with Gasteiger partial charge in [-0.05, 0) is 69.2 Å². The van der Waals surface area contributed by atoms with Crippen molar-refractivity contribution in [1.82, 2.24) is 19.7 Å². The number of halogens is 1. The third-order valence-electron chi connectivity index (χ3n) is 5.77. The predicted octanol–water partition coefficient (Wildman–Crippen LogP) is 3.82. The van der Waals surface area contributed by atoms with Crippen molar-refractivity contribution in [3.8, 4) is 11.4 Å². The Hall–Kier alpha value is -3.72. The van der Waals surface area contributed by atoms with Crippen molar-refractivity contribution in [2.75, 3.05) is 13.7 Å². The molecular weight excluding hydrogens is 451 g/mol. The first-order chi connectivity index (χ1) is 16.6. The molecule has 1 saturated heterocycles. The SMILES string of the molecule is COc1cc(C=C2OC(C)(C)CN([C@H](c3ccc(F)cc3)[C@@H](C)O)C2=O)ccc1-n1cnc(C)n1. The van der Waals surface area contributed by atoms with Crippen LogP contribution < -0.4 is 4.74 Å². The van der Waals surface area contributed by atoms with Gasteiger partial charge >= 0.3 is 0 Å². The number of aliphatic hydroxyl groups is 1. The van der Waals surface area contributed by atoms with Crippen molar-refractivity contribution < 1.29 is 23.8 Å². The molecule has 0 unspecified atom stereocenters. The van der Waals surface area contributed by atoms with Crippen LogP contribution in [0.4, 0.5) is 4.39 Å². The quantitative estimate of drug-likeness (QED) is 0.540. The molecule has 3 aromatic rings. The fourth-order valence-corrected chi connectivity index (χ4v) is 4.28. The Balaban J connectivity index is 1.70. The predicted molar refractivity (Wildman–Crippen MR) is 128 cm³/mol. The van der Waals surface area contributed by atoms with Crippen LogP contribution in [0.2, 0.25) is 0 Å². The largest absolute Gasteiger partial charge is 0.494 e. The molecule has 4 rings (SSSR count). The zero-order valence-electron chi connectivity index (χ0n) is 20.4. The van der Waals surface area contributed by atoms with E-state index in [1.165, 1.54) is 12.1 Å². The number of aryl methyl sites for hydroxylation is 1. The van der Waals surface area contributed by atoms with Gasteiger partial charge in [-0.15, -0.1) is 0 Å². The van der Waals surface area contributed by atoms with E-state index in [2.05, 4.69) is 10.1 Å². The molecule has 0 spiro atoms. The molecule has 9 heteroatoms. The lowest BCUT2D eigenvalue weighted by Crippen LogP contribution is -2.53. The molecule has 2 aromatic carbocycles. The maximum Gasteiger partial charge on any atom is 0.289 e. The Bertz CT molecular complexity index is 1250. The molecule has 2 atom stereocenters. The monoisotopic (exact) mass is 480 g/mol. The number of carbonyl (C=O) groups is 1. The van der Waals surface area contributed by atoms with Crippen molar-refractivity contribution in [2.24, 2.45) is 0 Å². The molecule has 8 nitrogen and oxygen atoms in total. The van der Waals surface area contributed by atoms with Crippen molar-refractivity contribution in [3.63, 3.8) is 0 Å². The zero-order valence-corrected chi connectivity index (χ0v) is 20.4. The summed E-state index contributed by atoms with van der Waals surface area (Å²) in [5.74, 6) is 0.577. The zero-order chi connectivity index (χ0) is 25.3. The van der Waals surface area contributed by atoms with E-state index in [4.69, 9.17) is 9.47 Å². The Morgan fingerprint density at radius 1 is 1.23 bits per heavy atom. The molecular formula is C26H29FN4O4. The normalized spacial score (nSPS) is 18.3. The minimum atomic E-state index is -0.884. The highest BCUT2D eigenvalue weighted by molar-refractivity contribution is 5.97. The summed E-state index contributed by atoms with van der Waals surface area (Å²) in [7, 11) is 1.56. The molecule has 1 amide bonds. The standard InChI is InChI=1S/C26H29FN4O4/c1-16(32)24(19-7-9-20(27)10-8-19)30-14-26(3,4)35-23(25(30)33)13-18-6-11-21(22(12-18)34-5)31-15-28-17(2)29-31/h6-13,15-16,24,32H,14H2,1-5H3/t16-,24+/m1/s1. The number of aliphatic hydroxyl groups excluding tert-OH is 1. The first kappa shape index (κ1) is 24.4. The van der Waals surface area contributed by atoms with Gasteiger partial charge in [0.1, 0.15) is 35.0 Å². The van der Waals surface area contributed by atoms with Crippen molar-refractivity contribution in [2.45, 2.75) is 45.4 Å². The molecule has 184 valence electrons. The number of benzene rings is 2. The van der Waals surface area contributed by atoms with Gasteiger partial charge in [0, 0.05) is 0 Å². The fraction of sp³-hybridized carbons (Fsp3) is 0.346. The first-order valence-corrected chi connectivity index (χ1v) is 11.3. The van der Waals surface area contributed by atoms with Gasteiger partial charge < -0.3 is 19.5 Å². The number of ether oxygens (including phenoxy) is 2. The summed E-state index contributed by atoms with van der Waals surface area (Å²) < 4.78 is 26.7. The van der Waals surface area contributed by atoms with Gasteiger partial charge in [-0.1, -0.05) is 18.2 Å². The minimum absolute atomic E-state index is 0.139. The molecule has 0 saturated carbocycles. The number of hydrogen-bond donors (Lipinski definition) is 1. The van der Waals surface area contributed by atoms with E-state index in [-0.39, 0.29) is 24.0 Å². The summed E-state index contributed by atoms with van der Waals surface area (Å²) in [5, 5.41) is 14.9. The number of amides is 1. The van der Waals surface area contributed by atoms with Gasteiger partial charge in [0.25, 0.3) is 5.91 Å². The smallest absolute Gasteiger partial charge is 0.289 e. The summed E-state index contributed by atoms with van der Waals surface area (Å²) in [6.45, 7) is 7.42. The first-order valence-electron chi connectivity index (χ1n) is 11.3. The molecule has 0 aliphatic carbocycles. The van der Waals surface area contributed by atoms with Crippen molar-refractivity contribution in [1.29, 1.82) is 0 Å². The number of morpholine rings is 1. The van der Waals surface area contributed by atoms with E-state index in [9.17, 15) is 14.3 Å². The second-order valence-corrected chi connectivity index (χ2v) is 9.21. The molecule has 0 radical (unpaired) electrons. The van der Waals surface area contributed by atoms with Gasteiger partial charge in [-0.2, -0.15) is 5.10 Å². The van der Waals surface area contributed by atoms with Gasteiger partial charge in [0.15, 0.2) is 5.76 Å². The molecule has 1 aliphatic rings. The van der Waals surface area contributed by atoms with Gasteiger partial charge in [-0.3, -0.25) is 4.79 Å². The van der Waals surface area contributed by atoms with E-state index in [1.54, 1.807) is 61.1 Å². The summed E-state index contributed by atoms with van der Waals surface area (Å²) in [5.41, 5.74) is 1.33. The second-order valence-electron chi connectivity index (χ2n) is 9.21. The number of nitrogens with zero attached hydrogens (tertiary/aromatic N) is 4. The lowest BCUT2D eigenvalue weighted by Gasteiger charge is -2.44. The highest BCUT2D eigenvalue weighted by Crippen LogP contribution is 2.35. The topological polar surface area (TPSA) is 89.7 Å². The van der Waals surface area contributed by atoms with E-state index < -0.39 is 17.7 Å². The van der Waals surface area contributed by atoms with Crippen LogP contribution in [-0.4, -0.2) is 56.0 Å². The van der Waals surface area contributed by atoms with E-state index in [0.717, 1.165) is 0 Å². The lowest BCUT2D eigenvalue weighted by atomic mass is 9.96. The summed E-state index contributed by atoms with van der Waals surface area (Å²) >= 11 is 0. The minimum Gasteiger partial charge on any atom is -0.494 e. The molecule has 1 aromatic heterocycles. The number of methoxy groups -OCH3 is 1. The maximum atomic E-state index is 13.5. The summed E-state index contributed by atoms with van der Waals surface area (Å²) in [4.78, 5) is 19.3. The average Bonchev–Trinajstić information content (AvgIpc) is 3.23. The second kappa shape index (κ2) is 9.50. The van der Waals surface area contributed by atoms with Crippen LogP contribution in [0.5, 0.6) is 5.75 Å². The number of aromatic nitrogens is 3. The van der Waals surface area contributed by atoms with E-state index in [0.29, 0.717) is 28.4 Å². The number of rotatable bonds is 6. The van der Waals surface area contributed by atoms with Crippen molar-refractivity contribution >= 4 is 12.0 Å². The van der Waals surface area contributed by atoms with Crippen LogP contribution in [0.25, 0.3) is 11.8 Å². The van der Waals surface area contributed by atoms with Gasteiger partial charge in [-0.25, -0.2) is 14.1 Å². The lowest BCUT2D eigenvalue weighted by molar-refractivity contribution is -0.153. The van der Waals surface area contributed by atoms with Gasteiger partial charge in [0.05, 0.1) is 25.8 Å². The third kappa shape index (κ3) is 5.19.